The predicted octanol–water partition coefficient (Wildman–Crippen LogP) is 6.14. The molecule has 6 heteroatoms. The van der Waals surface area contributed by atoms with Crippen molar-refractivity contribution in [2.75, 3.05) is 0 Å². The highest BCUT2D eigenvalue weighted by Gasteiger charge is 2.24. The summed E-state index contributed by atoms with van der Waals surface area (Å²) in [7, 11) is 1.67. The molecule has 3 aromatic rings. The van der Waals surface area contributed by atoms with Crippen molar-refractivity contribution in [2.24, 2.45) is 12.2 Å². The van der Waals surface area contributed by atoms with Crippen molar-refractivity contribution in [3.63, 3.8) is 0 Å². The summed E-state index contributed by atoms with van der Waals surface area (Å²) in [5, 5.41) is 4.06. The van der Waals surface area contributed by atoms with Gasteiger partial charge in [0.05, 0.1) is 0 Å². The summed E-state index contributed by atoms with van der Waals surface area (Å²) in [6.07, 6.45) is 2.17. The molecule has 0 amide bonds. The Morgan fingerprint density at radius 2 is 1.75 bits per heavy atom. The lowest BCUT2D eigenvalue weighted by atomic mass is 9.83. The highest BCUT2D eigenvalue weighted by atomic mass is 79.9. The topological polar surface area (TPSA) is 51.4 Å². The largest absolute Gasteiger partial charge is 0.318 e. The molecule has 0 fully saturated rings. The van der Waals surface area contributed by atoms with E-state index in [0.29, 0.717) is 11.4 Å². The summed E-state index contributed by atoms with van der Waals surface area (Å²) in [5.41, 5.74) is 3.86. The standard InChI is InChI=1S/C22H20BrClN2O2/c1-14-11-18(24)8-9-19(14)20(15-3-6-17(23)7-4-15)12-21(25-28)16-5-10-22(27)26(2)13-16/h3-11,13,20-21H,12H2,1-2H3. The molecule has 0 N–H and O–H groups in total. The third-order valence-corrected chi connectivity index (χ3v) is 5.72. The summed E-state index contributed by atoms with van der Waals surface area (Å²) in [5.74, 6) is -0.0368. The molecule has 0 aliphatic carbocycles. The Labute approximate surface area is 177 Å². The van der Waals surface area contributed by atoms with E-state index in [9.17, 15) is 9.70 Å². The van der Waals surface area contributed by atoms with Gasteiger partial charge in [-0.25, -0.2) is 0 Å². The monoisotopic (exact) mass is 458 g/mol. The van der Waals surface area contributed by atoms with Crippen LogP contribution in [0.15, 0.2) is 75.2 Å². The van der Waals surface area contributed by atoms with Gasteiger partial charge in [0.15, 0.2) is 0 Å². The van der Waals surface area contributed by atoms with Crippen LogP contribution in [0.3, 0.4) is 0 Å². The Balaban J connectivity index is 2.04. The fraction of sp³-hybridized carbons (Fsp3) is 0.227. The fourth-order valence-electron chi connectivity index (χ4n) is 3.44. The van der Waals surface area contributed by atoms with Crippen molar-refractivity contribution >= 4 is 27.5 Å². The Kier molecular flexibility index (Phi) is 6.47. The van der Waals surface area contributed by atoms with E-state index >= 15 is 0 Å². The maximum Gasteiger partial charge on any atom is 0.250 e. The second-order valence-electron chi connectivity index (χ2n) is 6.87. The molecule has 0 bridgehead atoms. The van der Waals surface area contributed by atoms with Crippen molar-refractivity contribution in [1.29, 1.82) is 0 Å². The van der Waals surface area contributed by atoms with E-state index in [4.69, 9.17) is 11.6 Å². The molecule has 0 aliphatic rings. The zero-order valence-corrected chi connectivity index (χ0v) is 17.9. The number of rotatable bonds is 6. The molecule has 1 heterocycles. The van der Waals surface area contributed by atoms with Crippen molar-refractivity contribution < 1.29 is 0 Å². The summed E-state index contributed by atoms with van der Waals surface area (Å²) < 4.78 is 2.46. The lowest BCUT2D eigenvalue weighted by molar-refractivity contribution is 0.587. The quantitative estimate of drug-likeness (QED) is 0.416. The van der Waals surface area contributed by atoms with E-state index in [1.165, 1.54) is 10.6 Å². The highest BCUT2D eigenvalue weighted by molar-refractivity contribution is 9.10. The molecule has 0 saturated heterocycles. The van der Waals surface area contributed by atoms with E-state index < -0.39 is 6.04 Å². The van der Waals surface area contributed by atoms with Gasteiger partial charge in [-0.2, -0.15) is 4.91 Å². The zero-order chi connectivity index (χ0) is 20.3. The molecule has 3 rings (SSSR count). The Hall–Kier alpha value is -2.24. The molecule has 2 atom stereocenters. The number of halogens is 2. The molecule has 1 aromatic heterocycles. The van der Waals surface area contributed by atoms with Crippen LogP contribution in [-0.4, -0.2) is 4.57 Å². The minimum absolute atomic E-state index is 0.0368. The van der Waals surface area contributed by atoms with Gasteiger partial charge in [-0.05, 0) is 65.9 Å². The molecule has 2 unspecified atom stereocenters. The van der Waals surface area contributed by atoms with E-state index in [-0.39, 0.29) is 11.5 Å². The number of aromatic nitrogens is 1. The van der Waals surface area contributed by atoms with E-state index in [1.807, 2.05) is 49.4 Å². The molecule has 4 nitrogen and oxygen atoms in total. The van der Waals surface area contributed by atoms with Gasteiger partial charge in [-0.15, -0.1) is 0 Å². The lowest BCUT2D eigenvalue weighted by Gasteiger charge is -2.23. The number of pyridine rings is 1. The van der Waals surface area contributed by atoms with Crippen molar-refractivity contribution in [3.05, 3.63) is 108 Å². The molecular formula is C22H20BrClN2O2. The molecule has 0 radical (unpaired) electrons. The second kappa shape index (κ2) is 8.84. The van der Waals surface area contributed by atoms with Gasteiger partial charge in [0.2, 0.25) is 5.56 Å². The van der Waals surface area contributed by atoms with E-state index in [1.54, 1.807) is 19.3 Å². The first-order valence-corrected chi connectivity index (χ1v) is 10.1. The number of nitrogens with zero attached hydrogens (tertiary/aromatic N) is 2. The van der Waals surface area contributed by atoms with Gasteiger partial charge in [-0.1, -0.05) is 50.9 Å². The van der Waals surface area contributed by atoms with Crippen molar-refractivity contribution in [1.82, 2.24) is 4.57 Å². The minimum Gasteiger partial charge on any atom is -0.318 e. The van der Waals surface area contributed by atoms with Crippen molar-refractivity contribution in [2.45, 2.75) is 25.3 Å². The maximum absolute atomic E-state index is 11.7. The van der Waals surface area contributed by atoms with Gasteiger partial charge < -0.3 is 4.57 Å². The molecule has 144 valence electrons. The Morgan fingerprint density at radius 1 is 1.07 bits per heavy atom. The fourth-order valence-corrected chi connectivity index (χ4v) is 3.93. The van der Waals surface area contributed by atoms with Crippen LogP contribution < -0.4 is 5.56 Å². The number of nitroso groups, excluding NO2 is 1. The molecule has 28 heavy (non-hydrogen) atoms. The SMILES string of the molecule is Cc1cc(Cl)ccc1C(CC(N=O)c1ccc(=O)n(C)c1)c1ccc(Br)cc1. The Morgan fingerprint density at radius 3 is 2.36 bits per heavy atom. The number of hydrogen-bond acceptors (Lipinski definition) is 3. The Bertz CT molecular complexity index is 1050. The third-order valence-electron chi connectivity index (χ3n) is 4.96. The number of benzene rings is 2. The van der Waals surface area contributed by atoms with Gasteiger partial charge in [0.1, 0.15) is 6.04 Å². The summed E-state index contributed by atoms with van der Waals surface area (Å²) in [4.78, 5) is 23.4. The number of hydrogen-bond donors (Lipinski definition) is 0. The van der Waals surface area contributed by atoms with E-state index in [0.717, 1.165) is 26.7 Å². The average molecular weight is 460 g/mol. The average Bonchev–Trinajstić information content (AvgIpc) is 2.67. The first-order valence-electron chi connectivity index (χ1n) is 8.89. The molecule has 0 saturated carbocycles. The van der Waals surface area contributed by atoms with Crippen LogP contribution in [0.4, 0.5) is 0 Å². The summed E-state index contributed by atoms with van der Waals surface area (Å²) >= 11 is 9.61. The minimum atomic E-state index is -0.574. The van der Waals surface area contributed by atoms with E-state index in [2.05, 4.69) is 21.1 Å². The summed E-state index contributed by atoms with van der Waals surface area (Å²) in [6.45, 7) is 2.02. The van der Waals surface area contributed by atoms with Crippen LogP contribution in [0.2, 0.25) is 5.02 Å². The molecular weight excluding hydrogens is 440 g/mol. The third kappa shape index (κ3) is 4.59. The van der Waals surface area contributed by atoms with Crippen molar-refractivity contribution in [3.8, 4) is 0 Å². The second-order valence-corrected chi connectivity index (χ2v) is 8.23. The van der Waals surface area contributed by atoms with Crippen LogP contribution in [0.25, 0.3) is 0 Å². The summed E-state index contributed by atoms with van der Waals surface area (Å²) in [6, 6.07) is 16.5. The molecule has 0 aliphatic heterocycles. The molecule has 2 aromatic carbocycles. The van der Waals surface area contributed by atoms with Crippen LogP contribution in [-0.2, 0) is 7.05 Å². The zero-order valence-electron chi connectivity index (χ0n) is 15.6. The van der Waals surface area contributed by atoms with Gasteiger partial charge in [0, 0.05) is 34.7 Å². The number of aryl methyl sites for hydroxylation is 2. The van der Waals surface area contributed by atoms with Gasteiger partial charge in [0.25, 0.3) is 0 Å². The van der Waals surface area contributed by atoms with Gasteiger partial charge >= 0.3 is 0 Å². The lowest BCUT2D eigenvalue weighted by Crippen LogP contribution is -2.16. The smallest absolute Gasteiger partial charge is 0.250 e. The highest BCUT2D eigenvalue weighted by Crippen LogP contribution is 2.37. The van der Waals surface area contributed by atoms with Crippen LogP contribution in [0.1, 0.15) is 40.6 Å². The maximum atomic E-state index is 11.7. The van der Waals surface area contributed by atoms with Crippen LogP contribution >= 0.6 is 27.5 Å². The van der Waals surface area contributed by atoms with Gasteiger partial charge in [-0.3, -0.25) is 4.79 Å². The normalized spacial score (nSPS) is 13.1. The van der Waals surface area contributed by atoms with Crippen LogP contribution in [0.5, 0.6) is 0 Å². The molecule has 0 spiro atoms. The predicted molar refractivity (Wildman–Crippen MR) is 117 cm³/mol. The first kappa shape index (κ1) is 20.5. The first-order chi connectivity index (χ1) is 13.4. The van der Waals surface area contributed by atoms with Crippen LogP contribution in [0, 0.1) is 11.8 Å².